The van der Waals surface area contributed by atoms with Crippen molar-refractivity contribution in [1.82, 2.24) is 20.4 Å². The van der Waals surface area contributed by atoms with Gasteiger partial charge in [0, 0.05) is 44.4 Å². The van der Waals surface area contributed by atoms with Gasteiger partial charge in [-0.3, -0.25) is 4.99 Å². The first kappa shape index (κ1) is 37.4. The summed E-state index contributed by atoms with van der Waals surface area (Å²) in [6, 6.07) is 5.28. The Kier molecular flexibility index (Phi) is 16.3. The van der Waals surface area contributed by atoms with Gasteiger partial charge in [-0.15, -0.1) is 0 Å². The zero-order valence-electron chi connectivity index (χ0n) is 27.4. The molecule has 1 atom stereocenters. The van der Waals surface area contributed by atoms with Crippen molar-refractivity contribution in [3.8, 4) is 0 Å². The zero-order chi connectivity index (χ0) is 33.2. The van der Waals surface area contributed by atoms with Gasteiger partial charge in [-0.25, -0.2) is 9.59 Å². The van der Waals surface area contributed by atoms with E-state index in [0.717, 1.165) is 75.0 Å². The fraction of sp³-hybridized carbons (Fsp3) is 0.500. The molecule has 2 amide bonds. The van der Waals surface area contributed by atoms with E-state index in [2.05, 4.69) is 46.3 Å². The van der Waals surface area contributed by atoms with E-state index in [1.165, 1.54) is 0 Å². The Balaban J connectivity index is 0.000000452. The van der Waals surface area contributed by atoms with Gasteiger partial charge in [0.1, 0.15) is 5.60 Å². The Morgan fingerprint density at radius 3 is 2.51 bits per heavy atom. The average Bonchev–Trinajstić information content (AvgIpc) is 3.72. The van der Waals surface area contributed by atoms with E-state index >= 15 is 0 Å². The summed E-state index contributed by atoms with van der Waals surface area (Å²) in [7, 11) is 3.73. The van der Waals surface area contributed by atoms with Gasteiger partial charge in [-0.2, -0.15) is 0 Å². The number of carbonyl (C=O) groups is 2. The largest absolute Gasteiger partial charge is 0.447 e. The van der Waals surface area contributed by atoms with Gasteiger partial charge in [0.2, 0.25) is 0 Å². The van der Waals surface area contributed by atoms with Crippen LogP contribution in [0, 0.1) is 0 Å². The highest BCUT2D eigenvalue weighted by atomic mass is 35.5. The maximum atomic E-state index is 12.5. The van der Waals surface area contributed by atoms with Crippen LogP contribution in [-0.4, -0.2) is 86.3 Å². The molecule has 0 unspecified atom stereocenters. The number of benzene rings is 1. The number of amides is 2. The standard InChI is InChI=1S/C25H33ClN4O2.C9H18N2O2/c1-19(22-17-21(26)11-10-20(22)9-7-5-4-6-8-15-27)23(12-16-29-18-28-3)30-24(31)32-25(2)13-14-25;1-8(2)13-9(12)11-6-4-10(3)5-7-11/h4-5,8,10-12,15-18,23H,1,6-7,9,13-14,27H2,2-3H3,(H,28,29)(H,30,31);8H,4-7H2,1-3H3/b5-4-,15-8-,16-12+;/t23-;/m0./s1. The number of carbonyl (C=O) groups excluding carboxylic acids is 2. The number of nitrogens with one attached hydrogen (secondary N) is 2. The predicted molar refractivity (Wildman–Crippen MR) is 184 cm³/mol. The minimum absolute atomic E-state index is 0.0212. The number of nitrogens with zero attached hydrogens (tertiary/aromatic N) is 3. The number of alkyl carbamates (subject to hydrolysis) is 1. The lowest BCUT2D eigenvalue weighted by atomic mass is 9.93. The average molecular weight is 643 g/mol. The van der Waals surface area contributed by atoms with E-state index < -0.39 is 12.1 Å². The van der Waals surface area contributed by atoms with Gasteiger partial charge in [0.15, 0.2) is 0 Å². The third-order valence-electron chi connectivity index (χ3n) is 7.20. The first-order valence-corrected chi connectivity index (χ1v) is 15.8. The van der Waals surface area contributed by atoms with Crippen LogP contribution in [0.15, 0.2) is 66.5 Å². The predicted octanol–water partition coefficient (Wildman–Crippen LogP) is 5.89. The van der Waals surface area contributed by atoms with Gasteiger partial charge in [0.05, 0.1) is 18.5 Å². The maximum absolute atomic E-state index is 12.5. The van der Waals surface area contributed by atoms with Crippen molar-refractivity contribution in [2.24, 2.45) is 10.7 Å². The SMILES string of the molecule is C=C(c1cc(Cl)ccc1CC/C=C\C/C=C\N)[C@H](/C=C/NC=NC)NC(=O)OC1(C)CC1.CC(C)OC(=O)N1CCN(C)CC1. The molecule has 0 radical (unpaired) electrons. The fourth-order valence-electron chi connectivity index (χ4n) is 4.29. The van der Waals surface area contributed by atoms with Crippen LogP contribution in [0.2, 0.25) is 5.02 Å². The van der Waals surface area contributed by atoms with Crippen molar-refractivity contribution in [2.75, 3.05) is 40.3 Å². The highest BCUT2D eigenvalue weighted by Crippen LogP contribution is 2.38. The smallest absolute Gasteiger partial charge is 0.410 e. The number of ether oxygens (including phenoxy) is 2. The van der Waals surface area contributed by atoms with Gasteiger partial charge in [-0.1, -0.05) is 42.5 Å². The number of aryl methyl sites for hydroxylation is 1. The molecule has 0 spiro atoms. The molecule has 0 aromatic heterocycles. The number of halogens is 1. The van der Waals surface area contributed by atoms with E-state index in [4.69, 9.17) is 26.8 Å². The third kappa shape index (κ3) is 14.7. The van der Waals surface area contributed by atoms with Crippen LogP contribution in [0.4, 0.5) is 9.59 Å². The first-order chi connectivity index (χ1) is 21.5. The van der Waals surface area contributed by atoms with E-state index in [0.29, 0.717) is 5.02 Å². The number of aliphatic imine (C=N–C) groups is 1. The van der Waals surface area contributed by atoms with Crippen LogP contribution in [-0.2, 0) is 15.9 Å². The van der Waals surface area contributed by atoms with Crippen LogP contribution >= 0.6 is 11.6 Å². The summed E-state index contributed by atoms with van der Waals surface area (Å²) in [5, 5.41) is 6.46. The Bertz CT molecular complexity index is 1220. The minimum atomic E-state index is -0.481. The first-order valence-electron chi connectivity index (χ1n) is 15.4. The molecule has 248 valence electrons. The van der Waals surface area contributed by atoms with Gasteiger partial charge >= 0.3 is 12.2 Å². The number of hydrogen-bond acceptors (Lipinski definition) is 7. The minimum Gasteiger partial charge on any atom is -0.447 e. The van der Waals surface area contributed by atoms with Crippen molar-refractivity contribution in [3.63, 3.8) is 0 Å². The Labute approximate surface area is 274 Å². The molecule has 0 bridgehead atoms. The molecule has 1 aromatic carbocycles. The number of nitrogens with two attached hydrogens (primary N) is 1. The lowest BCUT2D eigenvalue weighted by molar-refractivity contribution is 0.0612. The van der Waals surface area contributed by atoms with Gasteiger partial charge in [-0.05, 0) is 101 Å². The zero-order valence-corrected chi connectivity index (χ0v) is 28.2. The second-order valence-corrected chi connectivity index (χ2v) is 12.0. The monoisotopic (exact) mass is 642 g/mol. The number of allylic oxidation sites excluding steroid dienone is 3. The Hall–Kier alpha value is -3.76. The Morgan fingerprint density at radius 1 is 1.18 bits per heavy atom. The van der Waals surface area contributed by atoms with E-state index in [-0.39, 0.29) is 17.8 Å². The molecule has 2 fully saturated rings. The number of hydrogen-bond donors (Lipinski definition) is 3. The maximum Gasteiger partial charge on any atom is 0.410 e. The van der Waals surface area contributed by atoms with Crippen LogP contribution in [0.1, 0.15) is 57.6 Å². The molecule has 1 saturated carbocycles. The number of likely N-dealkylation sites (N-methyl/N-ethyl adjacent to an activating group) is 1. The van der Waals surface area contributed by atoms with Crippen molar-refractivity contribution in [3.05, 3.63) is 77.6 Å². The van der Waals surface area contributed by atoms with Crippen molar-refractivity contribution < 1.29 is 19.1 Å². The molecule has 1 saturated heterocycles. The summed E-state index contributed by atoms with van der Waals surface area (Å²) < 4.78 is 10.6. The lowest BCUT2D eigenvalue weighted by Gasteiger charge is -2.32. The van der Waals surface area contributed by atoms with E-state index in [1.54, 1.807) is 30.7 Å². The summed E-state index contributed by atoms with van der Waals surface area (Å²) in [6.45, 7) is 13.4. The quantitative estimate of drug-likeness (QED) is 0.139. The second-order valence-electron chi connectivity index (χ2n) is 11.6. The molecule has 2 aliphatic rings. The third-order valence-corrected chi connectivity index (χ3v) is 7.44. The fourth-order valence-corrected chi connectivity index (χ4v) is 4.46. The topological polar surface area (TPSA) is 122 Å². The lowest BCUT2D eigenvalue weighted by Crippen LogP contribution is -2.47. The van der Waals surface area contributed by atoms with Crippen molar-refractivity contribution >= 4 is 35.7 Å². The molecular formula is C34H51ClN6O4. The molecule has 1 heterocycles. The summed E-state index contributed by atoms with van der Waals surface area (Å²) in [6.07, 6.45) is 16.3. The van der Waals surface area contributed by atoms with Crippen LogP contribution in [0.5, 0.6) is 0 Å². The van der Waals surface area contributed by atoms with E-state index in [1.807, 2.05) is 51.1 Å². The molecule has 1 aliphatic carbocycles. The molecule has 1 aromatic rings. The van der Waals surface area contributed by atoms with Crippen molar-refractivity contribution in [1.29, 1.82) is 0 Å². The van der Waals surface area contributed by atoms with Gasteiger partial charge < -0.3 is 35.6 Å². The molecule has 3 rings (SSSR count). The summed E-state index contributed by atoms with van der Waals surface area (Å²) in [5.74, 6) is 0. The molecule has 11 heteroatoms. The van der Waals surface area contributed by atoms with Crippen LogP contribution in [0.25, 0.3) is 5.57 Å². The van der Waals surface area contributed by atoms with Crippen molar-refractivity contribution in [2.45, 2.75) is 70.6 Å². The Morgan fingerprint density at radius 2 is 1.89 bits per heavy atom. The van der Waals surface area contributed by atoms with E-state index in [9.17, 15) is 9.59 Å². The summed E-state index contributed by atoms with van der Waals surface area (Å²) in [5.41, 5.74) is 7.73. The summed E-state index contributed by atoms with van der Waals surface area (Å²) in [4.78, 5) is 31.7. The number of rotatable bonds is 13. The molecule has 1 aliphatic heterocycles. The van der Waals surface area contributed by atoms with Gasteiger partial charge in [0.25, 0.3) is 0 Å². The normalized spacial score (nSPS) is 17.0. The number of piperazine rings is 1. The second kappa shape index (κ2) is 19.6. The summed E-state index contributed by atoms with van der Waals surface area (Å²) >= 11 is 6.30. The molecule has 4 N–H and O–H groups in total. The highest BCUT2D eigenvalue weighted by Gasteiger charge is 2.42. The van der Waals surface area contributed by atoms with Crippen LogP contribution in [0.3, 0.4) is 0 Å². The molecular weight excluding hydrogens is 592 g/mol. The molecule has 45 heavy (non-hydrogen) atoms. The van der Waals surface area contributed by atoms with Crippen LogP contribution < -0.4 is 16.4 Å². The highest BCUT2D eigenvalue weighted by molar-refractivity contribution is 6.30. The molecule has 10 nitrogen and oxygen atoms in total.